The van der Waals surface area contributed by atoms with Crippen LogP contribution in [0, 0.1) is 17.1 Å². The number of benzene rings is 1. The topological polar surface area (TPSA) is 71.9 Å². The van der Waals surface area contributed by atoms with Gasteiger partial charge in [-0.25, -0.2) is 4.39 Å². The first-order valence-electron chi connectivity index (χ1n) is 6.14. The van der Waals surface area contributed by atoms with Crippen LogP contribution in [0.15, 0.2) is 42.6 Å². The summed E-state index contributed by atoms with van der Waals surface area (Å²) < 4.78 is 19.5. The Hall–Kier alpha value is -2.45. The van der Waals surface area contributed by atoms with Gasteiger partial charge in [-0.3, -0.25) is 4.98 Å². The molecule has 4 nitrogen and oxygen atoms in total. The molecule has 0 fully saturated rings. The van der Waals surface area contributed by atoms with E-state index in [2.05, 4.69) is 4.98 Å². The normalized spacial score (nSPS) is 13.3. The lowest BCUT2D eigenvalue weighted by Gasteiger charge is -2.22. The molecule has 2 N–H and O–H groups in total. The number of nitriles is 1. The average Bonchev–Trinajstić information content (AvgIpc) is 2.46. The van der Waals surface area contributed by atoms with Crippen LogP contribution < -0.4 is 10.5 Å². The first-order chi connectivity index (χ1) is 9.61. The minimum absolute atomic E-state index is 0.0527. The number of aromatic nitrogens is 1. The summed E-state index contributed by atoms with van der Waals surface area (Å²) in [6.45, 7) is 1.76. The quantitative estimate of drug-likeness (QED) is 0.927. The van der Waals surface area contributed by atoms with Gasteiger partial charge in [-0.05, 0) is 37.3 Å². The van der Waals surface area contributed by atoms with Crippen molar-refractivity contribution in [2.75, 3.05) is 0 Å². The molecule has 102 valence electrons. The van der Waals surface area contributed by atoms with Crippen molar-refractivity contribution in [2.24, 2.45) is 5.73 Å². The van der Waals surface area contributed by atoms with E-state index in [1.807, 2.05) is 12.1 Å². The summed E-state index contributed by atoms with van der Waals surface area (Å²) in [5, 5.41) is 8.71. The van der Waals surface area contributed by atoms with Gasteiger partial charge >= 0.3 is 0 Å². The smallest absolute Gasteiger partial charge is 0.166 e. The van der Waals surface area contributed by atoms with Gasteiger partial charge in [0.2, 0.25) is 0 Å². The van der Waals surface area contributed by atoms with Crippen molar-refractivity contribution >= 4 is 0 Å². The first-order valence-corrected chi connectivity index (χ1v) is 6.14. The second-order valence-electron chi connectivity index (χ2n) is 4.41. The Balaban J connectivity index is 2.28. The Kier molecular flexibility index (Phi) is 4.28. The lowest BCUT2D eigenvalue weighted by molar-refractivity contribution is 0.168. The number of nitrogens with two attached hydrogens (primary N) is 1. The second-order valence-corrected chi connectivity index (χ2v) is 4.41. The van der Waals surface area contributed by atoms with E-state index in [0.29, 0.717) is 5.69 Å². The summed E-state index contributed by atoms with van der Waals surface area (Å²) in [6.07, 6.45) is 1.07. The Bertz CT molecular complexity index is 623. The molecule has 0 spiro atoms. The largest absolute Gasteiger partial charge is 0.479 e. The zero-order valence-electron chi connectivity index (χ0n) is 11.0. The molecule has 2 unspecified atom stereocenters. The van der Waals surface area contributed by atoms with E-state index in [-0.39, 0.29) is 17.4 Å². The van der Waals surface area contributed by atoms with E-state index in [9.17, 15) is 4.39 Å². The lowest BCUT2D eigenvalue weighted by atomic mass is 10.1. The highest BCUT2D eigenvalue weighted by Gasteiger charge is 2.21. The third-order valence-electron chi connectivity index (χ3n) is 2.77. The van der Waals surface area contributed by atoms with Gasteiger partial charge in [0.1, 0.15) is 0 Å². The molecule has 0 radical (unpaired) electrons. The van der Waals surface area contributed by atoms with Crippen molar-refractivity contribution in [3.05, 3.63) is 59.7 Å². The van der Waals surface area contributed by atoms with Crippen molar-refractivity contribution in [3.8, 4) is 11.8 Å². The lowest BCUT2D eigenvalue weighted by Crippen LogP contribution is -2.29. The molecular formula is C15H14FN3O. The maximum absolute atomic E-state index is 13.8. The van der Waals surface area contributed by atoms with Crippen LogP contribution in [-0.2, 0) is 0 Å². The molecule has 1 aromatic heterocycles. The summed E-state index contributed by atoms with van der Waals surface area (Å²) in [5.74, 6) is -0.539. The summed E-state index contributed by atoms with van der Waals surface area (Å²) in [7, 11) is 0. The minimum atomic E-state index is -0.592. The molecule has 1 aromatic carbocycles. The minimum Gasteiger partial charge on any atom is -0.479 e. The van der Waals surface area contributed by atoms with Crippen LogP contribution in [0.4, 0.5) is 4.39 Å². The van der Waals surface area contributed by atoms with Crippen LogP contribution in [-0.4, -0.2) is 11.0 Å². The highest BCUT2D eigenvalue weighted by atomic mass is 19.1. The van der Waals surface area contributed by atoms with Crippen molar-refractivity contribution in [1.29, 1.82) is 5.26 Å². The summed E-state index contributed by atoms with van der Waals surface area (Å²) in [6, 6.07) is 10.9. The summed E-state index contributed by atoms with van der Waals surface area (Å²) >= 11 is 0. The predicted octanol–water partition coefficient (Wildman–Crippen LogP) is 2.56. The zero-order chi connectivity index (χ0) is 14.5. The molecule has 20 heavy (non-hydrogen) atoms. The van der Waals surface area contributed by atoms with Crippen LogP contribution in [0.25, 0.3) is 0 Å². The molecule has 0 aliphatic heterocycles. The van der Waals surface area contributed by atoms with Gasteiger partial charge in [-0.1, -0.05) is 6.07 Å². The molecule has 0 amide bonds. The number of ether oxygens (including phenoxy) is 1. The second kappa shape index (κ2) is 6.13. The van der Waals surface area contributed by atoms with Gasteiger partial charge < -0.3 is 10.5 Å². The molecule has 0 aliphatic rings. The van der Waals surface area contributed by atoms with Crippen LogP contribution in [0.5, 0.6) is 5.75 Å². The van der Waals surface area contributed by atoms with Crippen LogP contribution in [0.3, 0.4) is 0 Å². The highest BCUT2D eigenvalue weighted by Crippen LogP contribution is 2.26. The molecule has 2 aromatic rings. The number of hydrogen-bond acceptors (Lipinski definition) is 4. The Morgan fingerprint density at radius 1 is 1.35 bits per heavy atom. The van der Waals surface area contributed by atoms with Crippen LogP contribution >= 0.6 is 0 Å². The van der Waals surface area contributed by atoms with Crippen LogP contribution in [0.1, 0.15) is 24.3 Å². The molecule has 2 rings (SSSR count). The fourth-order valence-electron chi connectivity index (χ4n) is 1.78. The van der Waals surface area contributed by atoms with E-state index in [1.165, 1.54) is 12.1 Å². The van der Waals surface area contributed by atoms with Crippen molar-refractivity contribution in [1.82, 2.24) is 4.98 Å². The Morgan fingerprint density at radius 2 is 2.15 bits per heavy atom. The van der Waals surface area contributed by atoms with E-state index in [0.717, 1.165) is 6.07 Å². The zero-order valence-corrected chi connectivity index (χ0v) is 11.0. The maximum Gasteiger partial charge on any atom is 0.166 e. The molecular weight excluding hydrogens is 257 g/mol. The number of pyridine rings is 1. The van der Waals surface area contributed by atoms with Gasteiger partial charge in [0.15, 0.2) is 17.7 Å². The van der Waals surface area contributed by atoms with E-state index >= 15 is 0 Å². The molecule has 0 saturated carbocycles. The van der Waals surface area contributed by atoms with Crippen molar-refractivity contribution < 1.29 is 9.13 Å². The number of halogens is 1. The molecule has 5 heteroatoms. The summed E-state index contributed by atoms with van der Waals surface area (Å²) in [5.41, 5.74) is 6.75. The van der Waals surface area contributed by atoms with Gasteiger partial charge in [0.05, 0.1) is 17.3 Å². The molecule has 2 atom stereocenters. The number of hydrogen-bond donors (Lipinski definition) is 1. The molecule has 1 heterocycles. The fourth-order valence-corrected chi connectivity index (χ4v) is 1.78. The van der Waals surface area contributed by atoms with Crippen molar-refractivity contribution in [3.63, 3.8) is 0 Å². The van der Waals surface area contributed by atoms with E-state index in [1.54, 1.807) is 25.3 Å². The van der Waals surface area contributed by atoms with E-state index in [4.69, 9.17) is 15.7 Å². The third-order valence-corrected chi connectivity index (χ3v) is 2.77. The highest BCUT2D eigenvalue weighted by molar-refractivity contribution is 5.36. The Morgan fingerprint density at radius 3 is 2.70 bits per heavy atom. The predicted molar refractivity (Wildman–Crippen MR) is 72.4 cm³/mol. The van der Waals surface area contributed by atoms with E-state index < -0.39 is 11.9 Å². The number of nitrogens with zero attached hydrogens (tertiary/aromatic N) is 2. The maximum atomic E-state index is 13.8. The standard InChI is InChI=1S/C15H14FN3O/c1-10(18)15(13-4-2-3-7-19-13)20-14-6-5-11(9-17)8-12(14)16/h2-8,10,15H,18H2,1H3. The molecule has 0 saturated heterocycles. The number of rotatable bonds is 4. The van der Waals surface area contributed by atoms with Gasteiger partial charge in [0, 0.05) is 12.2 Å². The van der Waals surface area contributed by atoms with Gasteiger partial charge in [-0.15, -0.1) is 0 Å². The molecule has 0 bridgehead atoms. The Labute approximate surface area is 116 Å². The molecule has 0 aliphatic carbocycles. The van der Waals surface area contributed by atoms with Crippen LogP contribution in [0.2, 0.25) is 0 Å². The summed E-state index contributed by atoms with van der Waals surface area (Å²) in [4.78, 5) is 4.18. The SMILES string of the molecule is CC(N)C(Oc1ccc(C#N)cc1F)c1ccccn1. The van der Waals surface area contributed by atoms with Crippen molar-refractivity contribution in [2.45, 2.75) is 19.1 Å². The van der Waals surface area contributed by atoms with Gasteiger partial charge in [-0.2, -0.15) is 5.26 Å². The third kappa shape index (κ3) is 3.11. The monoisotopic (exact) mass is 271 g/mol. The average molecular weight is 271 g/mol. The van der Waals surface area contributed by atoms with Gasteiger partial charge in [0.25, 0.3) is 0 Å². The first kappa shape index (κ1) is 14.0. The fraction of sp³-hybridized carbons (Fsp3) is 0.200.